The quantitative estimate of drug-likeness (QED) is 0.597. The third-order valence-corrected chi connectivity index (χ3v) is 3.54. The number of carbonyl (C=O) groups excluding carboxylic acids is 2. The lowest BCUT2D eigenvalue weighted by molar-refractivity contribution is -0.384. The Bertz CT molecular complexity index is 764. The third-order valence-electron chi connectivity index (χ3n) is 2.85. The molecular formula is C15H12BrN3O5. The number of nitro groups is 1. The zero-order chi connectivity index (χ0) is 17.5. The number of hydrazine groups is 1. The summed E-state index contributed by atoms with van der Waals surface area (Å²) in [4.78, 5) is 33.5. The lowest BCUT2D eigenvalue weighted by Gasteiger charge is -2.09. The molecule has 0 saturated carbocycles. The lowest BCUT2D eigenvalue weighted by atomic mass is 10.2. The van der Waals surface area contributed by atoms with Crippen LogP contribution in [0.25, 0.3) is 0 Å². The fraction of sp³-hybridized carbons (Fsp3) is 0.0667. The van der Waals surface area contributed by atoms with E-state index in [1.807, 2.05) is 0 Å². The first-order chi connectivity index (χ1) is 11.5. The standard InChI is InChI=1S/C15H12BrN3O5/c16-13-4-2-1-3-12(13)15(21)18-17-14(20)9-24-11-7-5-10(6-8-11)19(22)23/h1-8H,9H2,(H,17,20)(H,18,21). The molecule has 9 heteroatoms. The van der Waals surface area contributed by atoms with E-state index >= 15 is 0 Å². The Morgan fingerprint density at radius 3 is 2.38 bits per heavy atom. The van der Waals surface area contributed by atoms with Gasteiger partial charge in [-0.25, -0.2) is 0 Å². The Hall–Kier alpha value is -2.94. The zero-order valence-corrected chi connectivity index (χ0v) is 13.8. The first-order valence-corrected chi connectivity index (χ1v) is 7.47. The second-order valence-corrected chi connectivity index (χ2v) is 5.38. The summed E-state index contributed by atoms with van der Waals surface area (Å²) in [6.45, 7) is -0.353. The average Bonchev–Trinajstić information content (AvgIpc) is 2.58. The molecule has 2 N–H and O–H groups in total. The summed E-state index contributed by atoms with van der Waals surface area (Å²) in [5.74, 6) is -0.757. The molecule has 0 spiro atoms. The van der Waals surface area contributed by atoms with E-state index in [0.717, 1.165) is 0 Å². The highest BCUT2D eigenvalue weighted by Gasteiger charge is 2.11. The maximum atomic E-state index is 11.9. The van der Waals surface area contributed by atoms with Crippen LogP contribution < -0.4 is 15.6 Å². The van der Waals surface area contributed by atoms with Gasteiger partial charge in [0.15, 0.2) is 6.61 Å². The van der Waals surface area contributed by atoms with Crippen LogP contribution in [0.5, 0.6) is 5.75 Å². The highest BCUT2D eigenvalue weighted by atomic mass is 79.9. The van der Waals surface area contributed by atoms with E-state index in [1.54, 1.807) is 24.3 Å². The number of non-ortho nitro benzene ring substituents is 1. The van der Waals surface area contributed by atoms with Gasteiger partial charge in [-0.15, -0.1) is 0 Å². The van der Waals surface area contributed by atoms with Crippen molar-refractivity contribution in [1.82, 2.24) is 10.9 Å². The largest absolute Gasteiger partial charge is 0.484 e. The van der Waals surface area contributed by atoms with Crippen LogP contribution in [0.4, 0.5) is 5.69 Å². The number of nitrogens with zero attached hydrogens (tertiary/aromatic N) is 1. The van der Waals surface area contributed by atoms with Crippen molar-refractivity contribution >= 4 is 33.4 Å². The summed E-state index contributed by atoms with van der Waals surface area (Å²) in [7, 11) is 0. The zero-order valence-electron chi connectivity index (χ0n) is 12.2. The molecule has 0 bridgehead atoms. The number of hydrogen-bond acceptors (Lipinski definition) is 5. The van der Waals surface area contributed by atoms with Crippen molar-refractivity contribution in [3.05, 3.63) is 68.7 Å². The molecule has 8 nitrogen and oxygen atoms in total. The van der Waals surface area contributed by atoms with Gasteiger partial charge in [0.25, 0.3) is 17.5 Å². The smallest absolute Gasteiger partial charge is 0.276 e. The Morgan fingerprint density at radius 1 is 1.08 bits per heavy atom. The van der Waals surface area contributed by atoms with Crippen molar-refractivity contribution in [1.29, 1.82) is 0 Å². The van der Waals surface area contributed by atoms with Crippen molar-refractivity contribution < 1.29 is 19.2 Å². The number of carbonyl (C=O) groups is 2. The van der Waals surface area contributed by atoms with Gasteiger partial charge in [0.05, 0.1) is 10.5 Å². The molecule has 0 aliphatic carbocycles. The van der Waals surface area contributed by atoms with Gasteiger partial charge in [-0.05, 0) is 40.2 Å². The number of halogens is 1. The second-order valence-electron chi connectivity index (χ2n) is 4.52. The fourth-order valence-electron chi connectivity index (χ4n) is 1.69. The molecule has 0 aliphatic heterocycles. The van der Waals surface area contributed by atoms with E-state index in [0.29, 0.717) is 15.8 Å². The normalized spacial score (nSPS) is 9.88. The average molecular weight is 394 g/mol. The predicted molar refractivity (Wildman–Crippen MR) is 88.3 cm³/mol. The monoisotopic (exact) mass is 393 g/mol. The summed E-state index contributed by atoms with van der Waals surface area (Å²) in [5.41, 5.74) is 4.77. The fourth-order valence-corrected chi connectivity index (χ4v) is 2.15. The lowest BCUT2D eigenvalue weighted by Crippen LogP contribution is -2.43. The van der Waals surface area contributed by atoms with Gasteiger partial charge in [-0.3, -0.25) is 30.6 Å². The van der Waals surface area contributed by atoms with Crippen LogP contribution in [0.3, 0.4) is 0 Å². The van der Waals surface area contributed by atoms with Crippen LogP contribution >= 0.6 is 15.9 Å². The number of nitrogens with one attached hydrogen (secondary N) is 2. The summed E-state index contributed by atoms with van der Waals surface area (Å²) in [6.07, 6.45) is 0. The van der Waals surface area contributed by atoms with Gasteiger partial charge in [-0.1, -0.05) is 12.1 Å². The Labute approximate surface area is 145 Å². The summed E-state index contributed by atoms with van der Waals surface area (Å²) < 4.78 is 5.77. The highest BCUT2D eigenvalue weighted by Crippen LogP contribution is 2.17. The molecule has 0 heterocycles. The Kier molecular flexibility index (Phi) is 5.85. The molecule has 0 saturated heterocycles. The Balaban J connectivity index is 1.80. The number of nitro benzene ring substituents is 1. The van der Waals surface area contributed by atoms with Gasteiger partial charge in [0.2, 0.25) is 0 Å². The second kappa shape index (κ2) is 8.06. The van der Waals surface area contributed by atoms with Crippen LogP contribution in [0.15, 0.2) is 53.0 Å². The number of rotatable bonds is 5. The molecule has 0 atom stereocenters. The molecule has 0 unspecified atom stereocenters. The SMILES string of the molecule is O=C(COc1ccc([N+](=O)[O-])cc1)NNC(=O)c1ccccc1Br. The molecule has 24 heavy (non-hydrogen) atoms. The molecule has 2 rings (SSSR count). The molecule has 0 fully saturated rings. The number of hydrogen-bond donors (Lipinski definition) is 2. The van der Waals surface area contributed by atoms with Crippen LogP contribution in [-0.2, 0) is 4.79 Å². The van der Waals surface area contributed by atoms with Crippen molar-refractivity contribution in [3.63, 3.8) is 0 Å². The van der Waals surface area contributed by atoms with Crippen LogP contribution in [-0.4, -0.2) is 23.3 Å². The minimum atomic E-state index is -0.575. The van der Waals surface area contributed by atoms with E-state index in [4.69, 9.17) is 4.74 Å². The minimum Gasteiger partial charge on any atom is -0.484 e. The molecule has 0 radical (unpaired) electrons. The van der Waals surface area contributed by atoms with Crippen LogP contribution in [0.2, 0.25) is 0 Å². The predicted octanol–water partition coefficient (Wildman–Crippen LogP) is 2.20. The Morgan fingerprint density at radius 2 is 1.75 bits per heavy atom. The molecule has 124 valence electrons. The molecule has 2 amide bonds. The van der Waals surface area contributed by atoms with E-state index in [1.165, 1.54) is 24.3 Å². The highest BCUT2D eigenvalue weighted by molar-refractivity contribution is 9.10. The summed E-state index contributed by atoms with van der Waals surface area (Å²) in [6, 6.07) is 12.0. The van der Waals surface area contributed by atoms with Gasteiger partial charge in [-0.2, -0.15) is 0 Å². The molecule has 2 aromatic carbocycles. The van der Waals surface area contributed by atoms with E-state index < -0.39 is 16.7 Å². The van der Waals surface area contributed by atoms with E-state index in [-0.39, 0.29) is 12.3 Å². The van der Waals surface area contributed by atoms with E-state index in [2.05, 4.69) is 26.8 Å². The van der Waals surface area contributed by atoms with Crippen molar-refractivity contribution in [3.8, 4) is 5.75 Å². The van der Waals surface area contributed by atoms with Gasteiger partial charge < -0.3 is 4.74 Å². The summed E-state index contributed by atoms with van der Waals surface area (Å²) in [5, 5.41) is 10.5. The van der Waals surface area contributed by atoms with Crippen molar-refractivity contribution in [2.45, 2.75) is 0 Å². The summed E-state index contributed by atoms with van der Waals surface area (Å²) >= 11 is 3.24. The van der Waals surface area contributed by atoms with E-state index in [9.17, 15) is 19.7 Å². The maximum absolute atomic E-state index is 11.9. The van der Waals surface area contributed by atoms with Crippen molar-refractivity contribution in [2.24, 2.45) is 0 Å². The molecular weight excluding hydrogens is 382 g/mol. The number of amides is 2. The molecule has 2 aromatic rings. The third kappa shape index (κ3) is 4.78. The maximum Gasteiger partial charge on any atom is 0.276 e. The van der Waals surface area contributed by atoms with Crippen LogP contribution in [0, 0.1) is 10.1 Å². The van der Waals surface area contributed by atoms with Gasteiger partial charge >= 0.3 is 0 Å². The van der Waals surface area contributed by atoms with Crippen LogP contribution in [0.1, 0.15) is 10.4 Å². The van der Waals surface area contributed by atoms with Crippen molar-refractivity contribution in [2.75, 3.05) is 6.61 Å². The van der Waals surface area contributed by atoms with Gasteiger partial charge in [0, 0.05) is 16.6 Å². The minimum absolute atomic E-state index is 0.0764. The first kappa shape index (κ1) is 17.4. The topological polar surface area (TPSA) is 111 Å². The molecule has 0 aromatic heterocycles. The molecule has 0 aliphatic rings. The number of ether oxygens (including phenoxy) is 1. The first-order valence-electron chi connectivity index (χ1n) is 6.68. The number of benzene rings is 2. The van der Waals surface area contributed by atoms with Gasteiger partial charge in [0.1, 0.15) is 5.75 Å².